The van der Waals surface area contributed by atoms with E-state index >= 15 is 0 Å². The Morgan fingerprint density at radius 2 is 1.96 bits per heavy atom. The highest BCUT2D eigenvalue weighted by molar-refractivity contribution is 5.86. The number of piperidine rings is 1. The number of methoxy groups -OCH3 is 1. The van der Waals surface area contributed by atoms with Gasteiger partial charge < -0.3 is 20.3 Å². The zero-order valence-corrected chi connectivity index (χ0v) is 14.7. The van der Waals surface area contributed by atoms with E-state index in [2.05, 4.69) is 21.7 Å². The quantitative estimate of drug-likeness (QED) is 0.611. The molecule has 1 amide bonds. The maximum Gasteiger partial charge on any atom is 0.241 e. The summed E-state index contributed by atoms with van der Waals surface area (Å²) in [6, 6.07) is 7.97. The summed E-state index contributed by atoms with van der Waals surface area (Å²) in [5.41, 5.74) is 1.15. The smallest absolute Gasteiger partial charge is 0.241 e. The van der Waals surface area contributed by atoms with E-state index in [-0.39, 0.29) is 12.5 Å². The minimum Gasteiger partial charge on any atom is -0.496 e. The van der Waals surface area contributed by atoms with Crippen LogP contribution in [0.1, 0.15) is 24.8 Å². The summed E-state index contributed by atoms with van der Waals surface area (Å²) in [6.45, 7) is 2.76. The van der Waals surface area contributed by atoms with Gasteiger partial charge in [-0.1, -0.05) is 18.2 Å². The number of amides is 1. The first-order chi connectivity index (χ1) is 11.7. The normalized spacial score (nSPS) is 15.1. The third-order valence-corrected chi connectivity index (χ3v) is 4.22. The van der Waals surface area contributed by atoms with Crippen molar-refractivity contribution in [3.05, 3.63) is 29.8 Å². The van der Waals surface area contributed by atoms with Crippen LogP contribution in [0.3, 0.4) is 0 Å². The molecule has 1 fully saturated rings. The number of nitrogens with zero attached hydrogens (tertiary/aromatic N) is 2. The molecule has 0 radical (unpaired) electrons. The molecule has 1 aromatic rings. The standard InChI is InChI=1S/C18H28N4O2/c1-19-18(21-14-17(23)22-12-6-3-7-13-22)20-11-10-15-8-4-5-9-16(15)24-2/h4-5,8-9H,3,6-7,10-14H2,1-2H3,(H2,19,20,21). The second kappa shape index (κ2) is 9.80. The molecule has 132 valence electrons. The average Bonchev–Trinajstić information content (AvgIpc) is 2.65. The van der Waals surface area contributed by atoms with Crippen molar-refractivity contribution in [3.8, 4) is 5.75 Å². The summed E-state index contributed by atoms with van der Waals surface area (Å²) < 4.78 is 5.35. The Morgan fingerprint density at radius 1 is 1.21 bits per heavy atom. The number of carbonyl (C=O) groups excluding carboxylic acids is 1. The van der Waals surface area contributed by atoms with E-state index in [0.717, 1.165) is 50.2 Å². The van der Waals surface area contributed by atoms with Crippen molar-refractivity contribution in [2.75, 3.05) is 40.3 Å². The molecule has 1 saturated heterocycles. The van der Waals surface area contributed by atoms with E-state index in [0.29, 0.717) is 5.96 Å². The summed E-state index contributed by atoms with van der Waals surface area (Å²) in [7, 11) is 3.39. The Labute approximate surface area is 144 Å². The van der Waals surface area contributed by atoms with Crippen LogP contribution in [-0.2, 0) is 11.2 Å². The van der Waals surface area contributed by atoms with Gasteiger partial charge in [0.1, 0.15) is 5.75 Å². The van der Waals surface area contributed by atoms with Gasteiger partial charge in [0.05, 0.1) is 13.7 Å². The Balaban J connectivity index is 1.73. The van der Waals surface area contributed by atoms with Crippen LogP contribution in [0.15, 0.2) is 29.3 Å². The third kappa shape index (κ3) is 5.44. The lowest BCUT2D eigenvalue weighted by atomic mass is 10.1. The number of likely N-dealkylation sites (tertiary alicyclic amines) is 1. The van der Waals surface area contributed by atoms with E-state index in [9.17, 15) is 4.79 Å². The van der Waals surface area contributed by atoms with Gasteiger partial charge in [-0.15, -0.1) is 0 Å². The lowest BCUT2D eigenvalue weighted by Crippen LogP contribution is -2.46. The Kier molecular flexibility index (Phi) is 7.39. The second-order valence-corrected chi connectivity index (χ2v) is 5.86. The SMILES string of the molecule is CN=C(NCCc1ccccc1OC)NCC(=O)N1CCCCC1. The average molecular weight is 332 g/mol. The van der Waals surface area contributed by atoms with Gasteiger partial charge in [0.2, 0.25) is 5.91 Å². The summed E-state index contributed by atoms with van der Waals surface area (Å²) in [5.74, 6) is 1.68. The molecule has 1 aliphatic rings. The zero-order chi connectivity index (χ0) is 17.2. The number of hydrogen-bond donors (Lipinski definition) is 2. The first-order valence-corrected chi connectivity index (χ1v) is 8.58. The summed E-state index contributed by atoms with van der Waals surface area (Å²) in [4.78, 5) is 18.3. The highest BCUT2D eigenvalue weighted by Gasteiger charge is 2.16. The van der Waals surface area contributed by atoms with E-state index in [1.54, 1.807) is 14.2 Å². The number of nitrogens with one attached hydrogen (secondary N) is 2. The molecule has 0 unspecified atom stereocenters. The van der Waals surface area contributed by atoms with E-state index in [1.165, 1.54) is 6.42 Å². The number of carbonyl (C=O) groups is 1. The number of aliphatic imine (C=N–C) groups is 1. The van der Waals surface area contributed by atoms with Gasteiger partial charge in [-0.2, -0.15) is 0 Å². The fourth-order valence-corrected chi connectivity index (χ4v) is 2.86. The number of ether oxygens (including phenoxy) is 1. The molecule has 0 atom stereocenters. The number of guanidine groups is 1. The fraction of sp³-hybridized carbons (Fsp3) is 0.556. The first-order valence-electron chi connectivity index (χ1n) is 8.58. The van der Waals surface area contributed by atoms with Crippen LogP contribution >= 0.6 is 0 Å². The van der Waals surface area contributed by atoms with Crippen LogP contribution in [-0.4, -0.2) is 57.1 Å². The van der Waals surface area contributed by atoms with Gasteiger partial charge in [0.15, 0.2) is 5.96 Å². The minimum atomic E-state index is 0.141. The maximum absolute atomic E-state index is 12.2. The van der Waals surface area contributed by atoms with Crippen molar-refractivity contribution in [2.24, 2.45) is 4.99 Å². The van der Waals surface area contributed by atoms with Crippen LogP contribution in [0.25, 0.3) is 0 Å². The van der Waals surface area contributed by atoms with Gasteiger partial charge >= 0.3 is 0 Å². The highest BCUT2D eigenvalue weighted by Crippen LogP contribution is 2.17. The van der Waals surface area contributed by atoms with Crippen molar-refractivity contribution in [1.29, 1.82) is 0 Å². The van der Waals surface area contributed by atoms with Gasteiger partial charge in [-0.3, -0.25) is 9.79 Å². The van der Waals surface area contributed by atoms with Crippen molar-refractivity contribution in [1.82, 2.24) is 15.5 Å². The first kappa shape index (κ1) is 18.1. The monoisotopic (exact) mass is 332 g/mol. The number of rotatable bonds is 6. The topological polar surface area (TPSA) is 66.0 Å². The lowest BCUT2D eigenvalue weighted by Gasteiger charge is -2.27. The lowest BCUT2D eigenvalue weighted by molar-refractivity contribution is -0.130. The Bertz CT molecular complexity index is 554. The van der Waals surface area contributed by atoms with Crippen LogP contribution in [0.5, 0.6) is 5.75 Å². The highest BCUT2D eigenvalue weighted by atomic mass is 16.5. The van der Waals surface area contributed by atoms with E-state index in [4.69, 9.17) is 4.74 Å². The molecule has 1 heterocycles. The van der Waals surface area contributed by atoms with Crippen LogP contribution in [0, 0.1) is 0 Å². The van der Waals surface area contributed by atoms with Crippen molar-refractivity contribution < 1.29 is 9.53 Å². The molecule has 0 spiro atoms. The predicted molar refractivity (Wildman–Crippen MR) is 96.5 cm³/mol. The molecule has 6 nitrogen and oxygen atoms in total. The van der Waals surface area contributed by atoms with Crippen LogP contribution in [0.2, 0.25) is 0 Å². The molecule has 1 aliphatic heterocycles. The van der Waals surface area contributed by atoms with E-state index in [1.807, 2.05) is 23.1 Å². The van der Waals surface area contributed by atoms with Crippen LogP contribution < -0.4 is 15.4 Å². The zero-order valence-electron chi connectivity index (χ0n) is 14.7. The molecule has 0 aromatic heterocycles. The Morgan fingerprint density at radius 3 is 2.67 bits per heavy atom. The number of hydrogen-bond acceptors (Lipinski definition) is 3. The number of benzene rings is 1. The molecule has 1 aromatic carbocycles. The third-order valence-electron chi connectivity index (χ3n) is 4.22. The van der Waals surface area contributed by atoms with Gasteiger partial charge in [0.25, 0.3) is 0 Å². The maximum atomic E-state index is 12.2. The largest absolute Gasteiger partial charge is 0.496 e. The van der Waals surface area contributed by atoms with Gasteiger partial charge in [0, 0.05) is 26.7 Å². The van der Waals surface area contributed by atoms with Crippen molar-refractivity contribution in [3.63, 3.8) is 0 Å². The molecule has 6 heteroatoms. The molecule has 0 bridgehead atoms. The van der Waals surface area contributed by atoms with E-state index < -0.39 is 0 Å². The summed E-state index contributed by atoms with van der Waals surface area (Å²) in [6.07, 6.45) is 4.27. The molecule has 2 rings (SSSR count). The second-order valence-electron chi connectivity index (χ2n) is 5.86. The molecular formula is C18H28N4O2. The number of para-hydroxylation sites is 1. The Hall–Kier alpha value is -2.24. The minimum absolute atomic E-state index is 0.141. The fourth-order valence-electron chi connectivity index (χ4n) is 2.86. The van der Waals surface area contributed by atoms with Crippen LogP contribution in [0.4, 0.5) is 0 Å². The summed E-state index contributed by atoms with van der Waals surface area (Å²) >= 11 is 0. The summed E-state index contributed by atoms with van der Waals surface area (Å²) in [5, 5.41) is 6.34. The molecule has 0 aliphatic carbocycles. The molecule has 24 heavy (non-hydrogen) atoms. The van der Waals surface area contributed by atoms with Gasteiger partial charge in [-0.05, 0) is 37.3 Å². The molecule has 2 N–H and O–H groups in total. The van der Waals surface area contributed by atoms with Gasteiger partial charge in [-0.25, -0.2) is 0 Å². The predicted octanol–water partition coefficient (Wildman–Crippen LogP) is 1.42. The van der Waals surface area contributed by atoms with Crippen molar-refractivity contribution >= 4 is 11.9 Å². The molecular weight excluding hydrogens is 304 g/mol. The molecule has 0 saturated carbocycles. The van der Waals surface area contributed by atoms with Crippen molar-refractivity contribution in [2.45, 2.75) is 25.7 Å².